The number of nitriles is 1. The first-order chi connectivity index (χ1) is 6.92. The van der Waals surface area contributed by atoms with Crippen LogP contribution in [0.4, 0.5) is 0 Å². The maximum atomic E-state index is 9.05. The van der Waals surface area contributed by atoms with Gasteiger partial charge in [0.2, 0.25) is 0 Å². The Hall–Kier alpha value is -0.633. The van der Waals surface area contributed by atoms with E-state index in [-0.39, 0.29) is 0 Å². The van der Waals surface area contributed by atoms with Crippen LogP contribution in [0.25, 0.3) is 0 Å². The highest BCUT2D eigenvalue weighted by molar-refractivity contribution is 9.10. The second-order valence-corrected chi connectivity index (χ2v) is 9.67. The zero-order chi connectivity index (χ0) is 11.5. The molecule has 0 heterocycles. The van der Waals surface area contributed by atoms with Crippen LogP contribution in [0.5, 0.6) is 0 Å². The van der Waals surface area contributed by atoms with Gasteiger partial charge < -0.3 is 4.43 Å². The fourth-order valence-electron chi connectivity index (χ4n) is 1.16. The Morgan fingerprint density at radius 3 is 2.20 bits per heavy atom. The highest BCUT2D eigenvalue weighted by Crippen LogP contribution is 2.23. The molecule has 80 valence electrons. The minimum atomic E-state index is -1.67. The van der Waals surface area contributed by atoms with Crippen molar-refractivity contribution >= 4 is 24.2 Å². The monoisotopic (exact) mass is 283 g/mol. The summed E-state index contributed by atoms with van der Waals surface area (Å²) in [5, 5.41) is 9.05. The van der Waals surface area contributed by atoms with Crippen molar-refractivity contribution in [3.63, 3.8) is 0 Å². The molecule has 0 saturated carbocycles. The third-order valence-electron chi connectivity index (χ3n) is 1.76. The summed E-state index contributed by atoms with van der Waals surface area (Å²) >= 11 is 3.36. The summed E-state index contributed by atoms with van der Waals surface area (Å²) in [5.74, 6) is 0. The van der Waals surface area contributed by atoms with Crippen LogP contribution in [0.3, 0.4) is 0 Å². The molecule has 0 fully saturated rings. The van der Waals surface area contributed by atoms with Crippen molar-refractivity contribution in [3.8, 4) is 6.07 Å². The van der Waals surface area contributed by atoms with Crippen molar-refractivity contribution in [3.05, 3.63) is 34.3 Å². The third-order valence-corrected chi connectivity index (χ3v) is 3.23. The van der Waals surface area contributed by atoms with E-state index in [0.29, 0.717) is 0 Å². The van der Waals surface area contributed by atoms with Crippen molar-refractivity contribution in [2.75, 3.05) is 0 Å². The zero-order valence-electron chi connectivity index (χ0n) is 9.12. The average molecular weight is 284 g/mol. The lowest BCUT2D eigenvalue weighted by molar-refractivity contribution is 0.255. The van der Waals surface area contributed by atoms with Crippen molar-refractivity contribution in [2.24, 2.45) is 0 Å². The Kier molecular flexibility index (Phi) is 4.09. The third kappa shape index (κ3) is 4.16. The molecule has 0 aliphatic carbocycles. The van der Waals surface area contributed by atoms with Crippen molar-refractivity contribution in [1.29, 1.82) is 5.26 Å². The first-order valence-corrected chi connectivity index (χ1v) is 8.95. The van der Waals surface area contributed by atoms with Crippen molar-refractivity contribution in [2.45, 2.75) is 25.7 Å². The summed E-state index contributed by atoms with van der Waals surface area (Å²) < 4.78 is 6.79. The highest BCUT2D eigenvalue weighted by Gasteiger charge is 2.21. The quantitative estimate of drug-likeness (QED) is 0.789. The second kappa shape index (κ2) is 4.93. The first kappa shape index (κ1) is 12.4. The van der Waals surface area contributed by atoms with E-state index in [0.717, 1.165) is 10.0 Å². The van der Waals surface area contributed by atoms with Crippen LogP contribution in [0.15, 0.2) is 28.7 Å². The number of rotatable bonds is 3. The Morgan fingerprint density at radius 2 is 1.80 bits per heavy atom. The van der Waals surface area contributed by atoms with Gasteiger partial charge >= 0.3 is 0 Å². The van der Waals surface area contributed by atoms with Crippen LogP contribution < -0.4 is 0 Å². The number of halogens is 1. The minimum absolute atomic E-state index is 0.440. The summed E-state index contributed by atoms with van der Waals surface area (Å²) in [6, 6.07) is 9.87. The van der Waals surface area contributed by atoms with Gasteiger partial charge in [-0.15, -0.1) is 0 Å². The van der Waals surface area contributed by atoms with Gasteiger partial charge in [-0.1, -0.05) is 28.1 Å². The van der Waals surface area contributed by atoms with Gasteiger partial charge in [-0.2, -0.15) is 5.26 Å². The van der Waals surface area contributed by atoms with Crippen LogP contribution >= 0.6 is 15.9 Å². The van der Waals surface area contributed by atoms with E-state index in [2.05, 4.69) is 41.6 Å². The van der Waals surface area contributed by atoms with Gasteiger partial charge in [0, 0.05) is 4.47 Å². The lowest BCUT2D eigenvalue weighted by Gasteiger charge is -2.21. The molecule has 4 heteroatoms. The van der Waals surface area contributed by atoms with E-state index in [1.807, 2.05) is 24.3 Å². The van der Waals surface area contributed by atoms with Crippen LogP contribution in [0.2, 0.25) is 19.6 Å². The normalized spacial score (nSPS) is 13.3. The fraction of sp³-hybridized carbons (Fsp3) is 0.364. The molecular weight excluding hydrogens is 270 g/mol. The Bertz CT molecular complexity index is 364. The minimum Gasteiger partial charge on any atom is -0.399 e. The molecule has 15 heavy (non-hydrogen) atoms. The molecule has 0 N–H and O–H groups in total. The lowest BCUT2D eigenvalue weighted by atomic mass is 10.1. The van der Waals surface area contributed by atoms with E-state index < -0.39 is 14.4 Å². The molecule has 0 bridgehead atoms. The number of benzene rings is 1. The molecule has 1 atom stereocenters. The molecule has 1 aromatic rings. The second-order valence-electron chi connectivity index (χ2n) is 4.29. The van der Waals surface area contributed by atoms with Crippen LogP contribution in [-0.2, 0) is 4.43 Å². The van der Waals surface area contributed by atoms with Crippen LogP contribution in [0, 0.1) is 11.3 Å². The maximum Gasteiger partial charge on any atom is 0.186 e. The molecule has 1 aromatic carbocycles. The fourth-order valence-corrected chi connectivity index (χ4v) is 2.32. The van der Waals surface area contributed by atoms with E-state index in [4.69, 9.17) is 9.69 Å². The van der Waals surface area contributed by atoms with E-state index in [9.17, 15) is 0 Å². The van der Waals surface area contributed by atoms with Gasteiger partial charge in [0.15, 0.2) is 14.4 Å². The van der Waals surface area contributed by atoms with E-state index in [1.165, 1.54) is 0 Å². The molecule has 0 amide bonds. The summed E-state index contributed by atoms with van der Waals surface area (Å²) in [4.78, 5) is 0. The summed E-state index contributed by atoms with van der Waals surface area (Å²) in [5.41, 5.74) is 0.920. The molecule has 0 saturated heterocycles. The van der Waals surface area contributed by atoms with Gasteiger partial charge in [-0.3, -0.25) is 0 Å². The summed E-state index contributed by atoms with van der Waals surface area (Å²) in [7, 11) is -1.67. The predicted octanol–water partition coefficient (Wildman–Crippen LogP) is 3.87. The summed E-state index contributed by atoms with van der Waals surface area (Å²) in [6.07, 6.45) is -0.440. The van der Waals surface area contributed by atoms with E-state index in [1.54, 1.807) is 0 Å². The molecule has 0 unspecified atom stereocenters. The average Bonchev–Trinajstić information content (AvgIpc) is 2.14. The number of nitrogens with zero attached hydrogens (tertiary/aromatic N) is 1. The highest BCUT2D eigenvalue weighted by atomic mass is 79.9. The first-order valence-electron chi connectivity index (χ1n) is 4.75. The zero-order valence-corrected chi connectivity index (χ0v) is 11.7. The lowest BCUT2D eigenvalue weighted by Crippen LogP contribution is -2.27. The summed E-state index contributed by atoms with van der Waals surface area (Å²) in [6.45, 7) is 6.24. The van der Waals surface area contributed by atoms with Crippen LogP contribution in [-0.4, -0.2) is 8.32 Å². The molecule has 1 rings (SSSR count). The Morgan fingerprint density at radius 1 is 1.27 bits per heavy atom. The number of hydrogen-bond acceptors (Lipinski definition) is 2. The molecule has 0 aromatic heterocycles. The molecule has 0 radical (unpaired) electrons. The SMILES string of the molecule is C[Si](C)(C)O[C@H](C#N)c1ccc(Br)cc1. The topological polar surface area (TPSA) is 33.0 Å². The van der Waals surface area contributed by atoms with E-state index >= 15 is 0 Å². The molecule has 0 aliphatic rings. The van der Waals surface area contributed by atoms with Gasteiger partial charge in [0.1, 0.15) is 0 Å². The van der Waals surface area contributed by atoms with Gasteiger partial charge in [0.05, 0.1) is 6.07 Å². The van der Waals surface area contributed by atoms with Gasteiger partial charge in [0.25, 0.3) is 0 Å². The molecule has 0 spiro atoms. The molecular formula is C11H14BrNOSi. The molecule has 2 nitrogen and oxygen atoms in total. The van der Waals surface area contributed by atoms with Crippen molar-refractivity contribution in [1.82, 2.24) is 0 Å². The van der Waals surface area contributed by atoms with Gasteiger partial charge in [-0.05, 0) is 37.3 Å². The number of hydrogen-bond donors (Lipinski definition) is 0. The predicted molar refractivity (Wildman–Crippen MR) is 66.9 cm³/mol. The van der Waals surface area contributed by atoms with Crippen LogP contribution in [0.1, 0.15) is 11.7 Å². The molecule has 0 aliphatic heterocycles. The smallest absolute Gasteiger partial charge is 0.186 e. The standard InChI is InChI=1S/C11H14BrNOSi/c1-15(2,3)14-11(8-13)9-4-6-10(12)7-5-9/h4-7,11H,1-3H3/t11-/m1/s1. The largest absolute Gasteiger partial charge is 0.399 e. The van der Waals surface area contributed by atoms with Crippen molar-refractivity contribution < 1.29 is 4.43 Å². The Balaban J connectivity index is 2.85. The maximum absolute atomic E-state index is 9.05. The van der Waals surface area contributed by atoms with Gasteiger partial charge in [-0.25, -0.2) is 0 Å². The Labute approximate surface area is 100 Å².